The van der Waals surface area contributed by atoms with Gasteiger partial charge in [-0.25, -0.2) is 13.2 Å². The minimum Gasteiger partial charge on any atom is -0.497 e. The van der Waals surface area contributed by atoms with Crippen molar-refractivity contribution in [2.75, 3.05) is 14.2 Å². The van der Waals surface area contributed by atoms with Crippen molar-refractivity contribution in [2.24, 2.45) is 11.7 Å². The van der Waals surface area contributed by atoms with Crippen LogP contribution in [0.2, 0.25) is 0 Å². The van der Waals surface area contributed by atoms with E-state index in [-0.39, 0.29) is 23.3 Å². The molecule has 0 radical (unpaired) electrons. The van der Waals surface area contributed by atoms with Crippen LogP contribution in [0.3, 0.4) is 0 Å². The highest BCUT2D eigenvalue weighted by atomic mass is 32.2. The monoisotopic (exact) mass is 564 g/mol. The third-order valence-corrected chi connectivity index (χ3v) is 10.1. The molecule has 8 nitrogen and oxygen atoms in total. The molecule has 3 atom stereocenters. The summed E-state index contributed by atoms with van der Waals surface area (Å²) in [5.74, 6) is -1.16. The minimum atomic E-state index is -4.37. The molecule has 3 unspecified atom stereocenters. The molecule has 0 spiro atoms. The number of benzene rings is 3. The van der Waals surface area contributed by atoms with Crippen LogP contribution in [0.25, 0.3) is 11.1 Å². The van der Waals surface area contributed by atoms with E-state index in [1.807, 2.05) is 54.6 Å². The molecule has 1 aliphatic carbocycles. The summed E-state index contributed by atoms with van der Waals surface area (Å²) in [6.07, 6.45) is 2.00. The number of nitrogens with two attached hydrogens (primary N) is 1. The maximum atomic E-state index is 14.1. The van der Waals surface area contributed by atoms with E-state index in [1.54, 1.807) is 24.1 Å². The average Bonchev–Trinajstić information content (AvgIpc) is 2.99. The van der Waals surface area contributed by atoms with Crippen LogP contribution in [0, 0.1) is 5.92 Å². The molecular weight excluding hydrogens is 528 g/mol. The number of carbonyl (C=O) groups excluding carboxylic acids is 2. The van der Waals surface area contributed by atoms with Gasteiger partial charge in [-0.1, -0.05) is 61.0 Å². The number of hydrogen-bond acceptors (Lipinski definition) is 7. The summed E-state index contributed by atoms with van der Waals surface area (Å²) in [7, 11) is -1.64. The Balaban J connectivity index is 1.64. The van der Waals surface area contributed by atoms with E-state index < -0.39 is 26.6 Å². The number of hydrogen-bond donors (Lipinski definition) is 1. The number of esters is 1. The van der Waals surface area contributed by atoms with Gasteiger partial charge in [-0.05, 0) is 60.2 Å². The second kappa shape index (κ2) is 12.2. The first kappa shape index (κ1) is 29.3. The molecule has 0 bridgehead atoms. The van der Waals surface area contributed by atoms with Crippen molar-refractivity contribution >= 4 is 21.7 Å². The van der Waals surface area contributed by atoms with Crippen LogP contribution in [0.5, 0.6) is 5.75 Å². The Morgan fingerprint density at radius 2 is 1.52 bits per heavy atom. The predicted octanol–water partition coefficient (Wildman–Crippen LogP) is 4.57. The summed E-state index contributed by atoms with van der Waals surface area (Å²) < 4.78 is 38.3. The van der Waals surface area contributed by atoms with Crippen molar-refractivity contribution in [2.45, 2.75) is 55.0 Å². The Bertz CT molecular complexity index is 1420. The number of ether oxygens (including phenoxy) is 2. The molecule has 3 aromatic rings. The summed E-state index contributed by atoms with van der Waals surface area (Å²) in [6, 6.07) is 23.1. The molecule has 2 N–H and O–H groups in total. The van der Waals surface area contributed by atoms with Gasteiger partial charge < -0.3 is 20.1 Å². The zero-order valence-electron chi connectivity index (χ0n) is 23.1. The zero-order chi connectivity index (χ0) is 28.9. The fourth-order valence-corrected chi connectivity index (χ4v) is 7.41. The van der Waals surface area contributed by atoms with Gasteiger partial charge >= 0.3 is 5.97 Å². The van der Waals surface area contributed by atoms with E-state index in [1.165, 1.54) is 19.1 Å². The van der Waals surface area contributed by atoms with Crippen molar-refractivity contribution in [3.8, 4) is 16.9 Å². The van der Waals surface area contributed by atoms with Gasteiger partial charge in [-0.2, -0.15) is 0 Å². The van der Waals surface area contributed by atoms with E-state index in [0.29, 0.717) is 31.6 Å². The number of methoxy groups -OCH3 is 2. The van der Waals surface area contributed by atoms with Crippen LogP contribution in [-0.2, 0) is 30.7 Å². The van der Waals surface area contributed by atoms with E-state index >= 15 is 0 Å². The molecule has 0 saturated heterocycles. The second-order valence-corrected chi connectivity index (χ2v) is 12.3. The topological polar surface area (TPSA) is 116 Å². The van der Waals surface area contributed by atoms with Crippen molar-refractivity contribution in [3.05, 3.63) is 84.4 Å². The number of carbonyl (C=O) groups is 2. The van der Waals surface area contributed by atoms with Crippen LogP contribution >= 0.6 is 0 Å². The Labute approximate surface area is 236 Å². The largest absolute Gasteiger partial charge is 0.497 e. The van der Waals surface area contributed by atoms with Crippen LogP contribution in [0.15, 0.2) is 83.8 Å². The third-order valence-electron chi connectivity index (χ3n) is 7.83. The predicted molar refractivity (Wildman–Crippen MR) is 153 cm³/mol. The maximum Gasteiger partial charge on any atom is 0.342 e. The van der Waals surface area contributed by atoms with Gasteiger partial charge in [-0.3, -0.25) is 4.79 Å². The van der Waals surface area contributed by atoms with Crippen LogP contribution in [0.1, 0.15) is 38.2 Å². The first-order valence-corrected chi connectivity index (χ1v) is 14.8. The quantitative estimate of drug-likeness (QED) is 0.379. The lowest BCUT2D eigenvalue weighted by atomic mass is 9.80. The summed E-state index contributed by atoms with van der Waals surface area (Å²) in [4.78, 5) is 25.2. The molecule has 4 rings (SSSR count). The molecule has 0 heterocycles. The van der Waals surface area contributed by atoms with Crippen LogP contribution in [-0.4, -0.2) is 50.3 Å². The van der Waals surface area contributed by atoms with Gasteiger partial charge in [0.05, 0.1) is 19.1 Å². The lowest BCUT2D eigenvalue weighted by molar-refractivity contribution is -0.146. The first-order valence-electron chi connectivity index (χ1n) is 13.3. The van der Waals surface area contributed by atoms with Gasteiger partial charge in [-0.15, -0.1) is 0 Å². The molecule has 212 valence electrons. The molecule has 1 amide bonds. The van der Waals surface area contributed by atoms with Gasteiger partial charge in [0, 0.05) is 25.4 Å². The lowest BCUT2D eigenvalue weighted by Crippen LogP contribution is -2.62. The summed E-state index contributed by atoms with van der Waals surface area (Å²) >= 11 is 0. The van der Waals surface area contributed by atoms with Crippen LogP contribution < -0.4 is 10.5 Å². The fraction of sp³-hybridized carbons (Fsp3) is 0.355. The molecule has 0 aromatic heterocycles. The van der Waals surface area contributed by atoms with Gasteiger partial charge in [0.25, 0.3) is 0 Å². The van der Waals surface area contributed by atoms with E-state index in [4.69, 9.17) is 15.2 Å². The van der Waals surface area contributed by atoms with Crippen LogP contribution in [0.4, 0.5) is 0 Å². The number of amides is 1. The number of nitrogens with zero attached hydrogens (tertiary/aromatic N) is 1. The number of rotatable bonds is 9. The van der Waals surface area contributed by atoms with Crippen molar-refractivity contribution in [1.82, 2.24) is 4.90 Å². The normalized spacial score (nSPS) is 18.8. The maximum absolute atomic E-state index is 14.1. The summed E-state index contributed by atoms with van der Waals surface area (Å²) in [5.41, 5.74) is 9.29. The molecule has 1 fully saturated rings. The molecule has 3 aromatic carbocycles. The SMILES string of the molecule is COC(=O)C(N)(C1CCCC(N(Cc2ccccc2)C(C)=O)C1)S(=O)(=O)c1ccc(-c2ccc(OC)cc2)cc1. The first-order chi connectivity index (χ1) is 19.1. The molecule has 1 saturated carbocycles. The Hall–Kier alpha value is -3.69. The van der Waals surface area contributed by atoms with Crippen molar-refractivity contribution in [3.63, 3.8) is 0 Å². The van der Waals surface area contributed by atoms with Crippen molar-refractivity contribution in [1.29, 1.82) is 0 Å². The Morgan fingerprint density at radius 1 is 0.925 bits per heavy atom. The smallest absolute Gasteiger partial charge is 0.342 e. The molecule has 40 heavy (non-hydrogen) atoms. The van der Waals surface area contributed by atoms with Gasteiger partial charge in [0.1, 0.15) is 5.75 Å². The lowest BCUT2D eigenvalue weighted by Gasteiger charge is -2.42. The molecule has 1 aliphatic rings. The second-order valence-electron chi connectivity index (χ2n) is 10.2. The van der Waals surface area contributed by atoms with E-state index in [2.05, 4.69) is 0 Å². The highest BCUT2D eigenvalue weighted by molar-refractivity contribution is 7.93. The highest BCUT2D eigenvalue weighted by Crippen LogP contribution is 2.40. The van der Waals surface area contributed by atoms with Crippen molar-refractivity contribution < 1.29 is 27.5 Å². The standard InChI is InChI=1S/C31H36N2O6S/c1-22(34)33(21-23-8-5-4-6-9-23)27-11-7-10-26(20-27)31(32,30(35)39-3)40(36,37)29-18-14-25(15-19-29)24-12-16-28(38-2)17-13-24/h4-6,8-9,12-19,26-27H,7,10-11,20-21,32H2,1-3H3. The third kappa shape index (κ3) is 5.76. The van der Waals surface area contributed by atoms with E-state index in [9.17, 15) is 18.0 Å². The Kier molecular flexibility index (Phi) is 8.95. The van der Waals surface area contributed by atoms with E-state index in [0.717, 1.165) is 23.8 Å². The summed E-state index contributed by atoms with van der Waals surface area (Å²) in [6.45, 7) is 1.90. The average molecular weight is 565 g/mol. The molecular formula is C31H36N2O6S. The van der Waals surface area contributed by atoms with Gasteiger partial charge in [0.15, 0.2) is 0 Å². The summed E-state index contributed by atoms with van der Waals surface area (Å²) in [5, 5.41) is 0. The van der Waals surface area contributed by atoms with Gasteiger partial charge in [0.2, 0.25) is 20.6 Å². The molecule has 9 heteroatoms. The number of sulfone groups is 1. The fourth-order valence-electron chi connectivity index (χ4n) is 5.57. The zero-order valence-corrected chi connectivity index (χ0v) is 23.9. The molecule has 0 aliphatic heterocycles. The Morgan fingerprint density at radius 3 is 2.08 bits per heavy atom. The highest BCUT2D eigenvalue weighted by Gasteiger charge is 2.56. The minimum absolute atomic E-state index is 0.0625.